The summed E-state index contributed by atoms with van der Waals surface area (Å²) in [4.78, 5) is 1.40. The molecule has 0 heterocycles. The first-order valence-corrected chi connectivity index (χ1v) is 5.09. The minimum Gasteiger partial charge on any atom is -0.492 e. The summed E-state index contributed by atoms with van der Waals surface area (Å²) in [6.45, 7) is 2.00. The molecular weight excluding hydrogens is 216 g/mol. The summed E-state index contributed by atoms with van der Waals surface area (Å²) < 4.78 is 5.09. The van der Waals surface area contributed by atoms with Gasteiger partial charge >= 0.3 is 0 Å². The van der Waals surface area contributed by atoms with Crippen molar-refractivity contribution in [1.82, 2.24) is 0 Å². The lowest BCUT2D eigenvalue weighted by Crippen LogP contribution is -2.03. The Bertz CT molecular complexity index is 302. The molecule has 0 aliphatic heterocycles. The maximum Gasteiger partial charge on any atom is 0.166 e. The molecule has 0 aromatic heterocycles. The fourth-order valence-electron chi connectivity index (χ4n) is 1.35. The molecule has 0 aliphatic carbocycles. The minimum absolute atomic E-state index is 0.456. The Morgan fingerprint density at radius 3 is 1.86 bits per heavy atom. The van der Waals surface area contributed by atoms with Gasteiger partial charge in [-0.3, -0.25) is 0 Å². The lowest BCUT2D eigenvalue weighted by molar-refractivity contribution is 0.417. The van der Waals surface area contributed by atoms with Crippen molar-refractivity contribution in [2.75, 3.05) is 18.6 Å². The van der Waals surface area contributed by atoms with Crippen LogP contribution in [0.1, 0.15) is 12.5 Å². The first-order valence-electron chi connectivity index (χ1n) is 4.20. The molecule has 0 saturated carbocycles. The van der Waals surface area contributed by atoms with Gasteiger partial charge in [-0.15, -0.1) is 25.3 Å². The van der Waals surface area contributed by atoms with Gasteiger partial charge in [-0.25, -0.2) is 0 Å². The summed E-state index contributed by atoms with van der Waals surface area (Å²) in [7, 11) is 1.52. The molecule has 78 valence electrons. The van der Waals surface area contributed by atoms with Crippen LogP contribution in [0.3, 0.4) is 0 Å². The predicted molar refractivity (Wildman–Crippen MR) is 65.7 cm³/mol. The Hall–Kier alpha value is -0.680. The number of anilines is 2. The van der Waals surface area contributed by atoms with Gasteiger partial charge in [-0.1, -0.05) is 6.92 Å². The van der Waals surface area contributed by atoms with Crippen LogP contribution in [0.5, 0.6) is 5.75 Å². The van der Waals surface area contributed by atoms with Gasteiger partial charge in [0.15, 0.2) is 5.75 Å². The fraction of sp³-hybridized carbons (Fsp3) is 0.333. The van der Waals surface area contributed by atoms with E-state index in [9.17, 15) is 0 Å². The third-order valence-corrected chi connectivity index (χ3v) is 3.15. The Morgan fingerprint density at radius 2 is 1.57 bits per heavy atom. The lowest BCUT2D eigenvalue weighted by Gasteiger charge is -2.16. The second-order valence-corrected chi connectivity index (χ2v) is 3.78. The number of nitrogen functional groups attached to an aromatic ring is 2. The standard InChI is InChI=1S/C9H14N2OS2/c1-3-4-8(13)5(10)7(12-2)6(11)9(4)14/h13-14H,3,10-11H2,1-2H3. The summed E-state index contributed by atoms with van der Waals surface area (Å²) in [5.41, 5.74) is 13.5. The first kappa shape index (κ1) is 11.4. The van der Waals surface area contributed by atoms with Crippen LogP contribution in [0.25, 0.3) is 0 Å². The molecule has 4 N–H and O–H groups in total. The van der Waals surface area contributed by atoms with E-state index in [1.807, 2.05) is 6.92 Å². The number of thiol groups is 2. The average Bonchev–Trinajstić information content (AvgIpc) is 2.17. The van der Waals surface area contributed by atoms with Gasteiger partial charge in [-0.2, -0.15) is 0 Å². The van der Waals surface area contributed by atoms with Crippen LogP contribution < -0.4 is 16.2 Å². The van der Waals surface area contributed by atoms with Crippen molar-refractivity contribution in [2.24, 2.45) is 0 Å². The van der Waals surface area contributed by atoms with E-state index in [2.05, 4.69) is 25.3 Å². The molecule has 0 saturated heterocycles. The monoisotopic (exact) mass is 230 g/mol. The van der Waals surface area contributed by atoms with E-state index >= 15 is 0 Å². The fourth-order valence-corrected chi connectivity index (χ4v) is 2.18. The summed E-state index contributed by atoms with van der Waals surface area (Å²) in [6, 6.07) is 0. The third kappa shape index (κ3) is 1.62. The zero-order valence-electron chi connectivity index (χ0n) is 8.16. The summed E-state index contributed by atoms with van der Waals surface area (Å²) in [6.07, 6.45) is 0.788. The molecule has 0 atom stereocenters. The molecule has 3 nitrogen and oxygen atoms in total. The van der Waals surface area contributed by atoms with E-state index in [1.165, 1.54) is 7.11 Å². The van der Waals surface area contributed by atoms with Crippen molar-refractivity contribution < 1.29 is 4.74 Å². The van der Waals surface area contributed by atoms with E-state index in [4.69, 9.17) is 16.2 Å². The topological polar surface area (TPSA) is 61.3 Å². The molecule has 0 bridgehead atoms. The molecule has 0 aliphatic rings. The minimum atomic E-state index is 0.456. The normalized spacial score (nSPS) is 10.3. The van der Waals surface area contributed by atoms with Crippen LogP contribution in [0.2, 0.25) is 0 Å². The van der Waals surface area contributed by atoms with Gasteiger partial charge < -0.3 is 16.2 Å². The highest BCUT2D eigenvalue weighted by Gasteiger charge is 2.16. The van der Waals surface area contributed by atoms with Crippen LogP contribution in [0, 0.1) is 0 Å². The number of ether oxygens (including phenoxy) is 1. The Kier molecular flexibility index (Phi) is 3.44. The predicted octanol–water partition coefficient (Wildman–Crippen LogP) is 2.00. The van der Waals surface area contributed by atoms with Gasteiger partial charge in [-0.05, 0) is 12.0 Å². The van der Waals surface area contributed by atoms with Crippen molar-refractivity contribution in [2.45, 2.75) is 23.1 Å². The maximum atomic E-state index is 5.82. The third-order valence-electron chi connectivity index (χ3n) is 2.13. The molecular formula is C9H14N2OS2. The van der Waals surface area contributed by atoms with Crippen LogP contribution >= 0.6 is 25.3 Å². The first-order chi connectivity index (χ1) is 6.54. The second kappa shape index (κ2) is 4.23. The summed E-state index contributed by atoms with van der Waals surface area (Å²) in [5.74, 6) is 0.456. The zero-order chi connectivity index (χ0) is 10.9. The molecule has 1 rings (SSSR count). The summed E-state index contributed by atoms with van der Waals surface area (Å²) >= 11 is 8.65. The maximum absolute atomic E-state index is 5.82. The van der Waals surface area contributed by atoms with Crippen molar-refractivity contribution in [3.63, 3.8) is 0 Å². The average molecular weight is 230 g/mol. The summed E-state index contributed by atoms with van der Waals surface area (Å²) in [5, 5.41) is 0. The Labute approximate surface area is 94.6 Å². The Balaban J connectivity index is 3.55. The number of methoxy groups -OCH3 is 1. The zero-order valence-corrected chi connectivity index (χ0v) is 9.95. The van der Waals surface area contributed by atoms with Gasteiger partial charge in [0.1, 0.15) is 0 Å². The van der Waals surface area contributed by atoms with Crippen molar-refractivity contribution in [3.05, 3.63) is 5.56 Å². The van der Waals surface area contributed by atoms with Crippen molar-refractivity contribution in [3.8, 4) is 5.75 Å². The highest BCUT2D eigenvalue weighted by atomic mass is 32.1. The van der Waals surface area contributed by atoms with Gasteiger partial charge in [0.2, 0.25) is 0 Å². The number of hydrogen-bond acceptors (Lipinski definition) is 5. The SMILES string of the molecule is CCc1c(S)c(N)c(OC)c(N)c1S. The van der Waals surface area contributed by atoms with E-state index in [0.717, 1.165) is 12.0 Å². The molecule has 1 aromatic carbocycles. The molecule has 0 spiro atoms. The van der Waals surface area contributed by atoms with E-state index in [-0.39, 0.29) is 0 Å². The number of rotatable bonds is 2. The van der Waals surface area contributed by atoms with E-state index in [1.54, 1.807) is 0 Å². The van der Waals surface area contributed by atoms with Crippen molar-refractivity contribution >= 4 is 36.6 Å². The Morgan fingerprint density at radius 1 is 1.14 bits per heavy atom. The van der Waals surface area contributed by atoms with Crippen LogP contribution in [0.15, 0.2) is 9.79 Å². The van der Waals surface area contributed by atoms with Crippen LogP contribution in [0.4, 0.5) is 11.4 Å². The molecule has 0 unspecified atom stereocenters. The molecule has 14 heavy (non-hydrogen) atoms. The van der Waals surface area contributed by atoms with Gasteiger partial charge in [0.05, 0.1) is 18.5 Å². The number of benzene rings is 1. The highest BCUT2D eigenvalue weighted by molar-refractivity contribution is 7.81. The highest BCUT2D eigenvalue weighted by Crippen LogP contribution is 2.42. The van der Waals surface area contributed by atoms with E-state index in [0.29, 0.717) is 26.9 Å². The largest absolute Gasteiger partial charge is 0.492 e. The molecule has 5 heteroatoms. The number of hydrogen-bond donors (Lipinski definition) is 4. The van der Waals surface area contributed by atoms with Crippen LogP contribution in [-0.2, 0) is 6.42 Å². The molecule has 0 amide bonds. The van der Waals surface area contributed by atoms with Gasteiger partial charge in [0, 0.05) is 9.79 Å². The van der Waals surface area contributed by atoms with Crippen LogP contribution in [-0.4, -0.2) is 7.11 Å². The van der Waals surface area contributed by atoms with E-state index < -0.39 is 0 Å². The number of nitrogens with two attached hydrogens (primary N) is 2. The van der Waals surface area contributed by atoms with Crippen molar-refractivity contribution in [1.29, 1.82) is 0 Å². The smallest absolute Gasteiger partial charge is 0.166 e. The molecule has 1 aromatic rings. The lowest BCUT2D eigenvalue weighted by atomic mass is 10.1. The molecule has 0 fully saturated rings. The quantitative estimate of drug-likeness (QED) is 0.464. The van der Waals surface area contributed by atoms with Gasteiger partial charge in [0.25, 0.3) is 0 Å². The second-order valence-electron chi connectivity index (χ2n) is 2.89. The molecule has 0 radical (unpaired) electrons.